The van der Waals surface area contributed by atoms with Crippen LogP contribution in [0, 0.1) is 16.6 Å². The van der Waals surface area contributed by atoms with Crippen molar-refractivity contribution in [2.45, 2.75) is 32.5 Å². The van der Waals surface area contributed by atoms with E-state index in [1.807, 2.05) is 4.57 Å². The Morgan fingerprint density at radius 3 is 2.70 bits per heavy atom. The smallest absolute Gasteiger partial charge is 0.331 e. The van der Waals surface area contributed by atoms with Gasteiger partial charge in [0, 0.05) is 6.54 Å². The van der Waals surface area contributed by atoms with Crippen molar-refractivity contribution in [1.82, 2.24) is 9.55 Å². The molecule has 0 bridgehead atoms. The molecule has 1 saturated carbocycles. The van der Waals surface area contributed by atoms with Gasteiger partial charge < -0.3 is 9.55 Å². The lowest BCUT2D eigenvalue weighted by Crippen LogP contribution is -2.09. The highest BCUT2D eigenvalue weighted by atomic mass is 32.1. The second-order valence-corrected chi connectivity index (χ2v) is 5.97. The Balaban J connectivity index is 2.01. The predicted octanol–water partition coefficient (Wildman–Crippen LogP) is 4.76. The summed E-state index contributed by atoms with van der Waals surface area (Å²) < 4.78 is 40.5. The van der Waals surface area contributed by atoms with Gasteiger partial charge in [0.05, 0.1) is 16.6 Å². The zero-order valence-electron chi connectivity index (χ0n) is 11.0. The molecule has 108 valence electrons. The molecule has 0 radical (unpaired) electrons. The van der Waals surface area contributed by atoms with Gasteiger partial charge in [0.25, 0.3) is 0 Å². The summed E-state index contributed by atoms with van der Waals surface area (Å²) in [4.78, 5) is 2.88. The molecule has 1 aliphatic rings. The zero-order chi connectivity index (χ0) is 14.5. The van der Waals surface area contributed by atoms with Crippen LogP contribution in [0.4, 0.5) is 13.2 Å². The van der Waals surface area contributed by atoms with Crippen LogP contribution in [0.25, 0.3) is 11.0 Å². The van der Waals surface area contributed by atoms with Crippen LogP contribution in [-0.2, 0) is 12.7 Å². The van der Waals surface area contributed by atoms with Gasteiger partial charge in [0.1, 0.15) is 0 Å². The van der Waals surface area contributed by atoms with Gasteiger partial charge in [-0.25, -0.2) is 0 Å². The summed E-state index contributed by atoms with van der Waals surface area (Å²) in [5.41, 5.74) is 0.548. The van der Waals surface area contributed by atoms with Crippen molar-refractivity contribution in [2.75, 3.05) is 0 Å². The summed E-state index contributed by atoms with van der Waals surface area (Å²) in [6.07, 6.45) is -1.84. The summed E-state index contributed by atoms with van der Waals surface area (Å²) in [5.74, 6) is 1.24. The molecule has 1 unspecified atom stereocenters. The minimum atomic E-state index is -4.33. The van der Waals surface area contributed by atoms with Crippen LogP contribution in [0.5, 0.6) is 0 Å². The van der Waals surface area contributed by atoms with Gasteiger partial charge in [-0.1, -0.05) is 6.92 Å². The summed E-state index contributed by atoms with van der Waals surface area (Å²) >= 11 is 5.24. The van der Waals surface area contributed by atoms with Crippen LogP contribution in [0.1, 0.15) is 25.3 Å². The summed E-state index contributed by atoms with van der Waals surface area (Å²) in [5, 5.41) is 0. The van der Waals surface area contributed by atoms with E-state index in [9.17, 15) is 13.2 Å². The van der Waals surface area contributed by atoms with Crippen LogP contribution in [0.15, 0.2) is 18.2 Å². The number of halogens is 3. The van der Waals surface area contributed by atoms with E-state index in [0.717, 1.165) is 30.1 Å². The average Bonchev–Trinajstić information content (AvgIpc) is 3.15. The SMILES string of the molecule is CC(Cn1c(=S)[nH]c2cc(C(F)(F)F)ccc21)C1CC1. The third-order valence-electron chi connectivity index (χ3n) is 4.00. The quantitative estimate of drug-likeness (QED) is 0.810. The van der Waals surface area contributed by atoms with E-state index in [-0.39, 0.29) is 0 Å². The number of nitrogens with one attached hydrogen (secondary N) is 1. The Kier molecular flexibility index (Phi) is 3.16. The molecule has 0 saturated heterocycles. The average molecular weight is 300 g/mol. The molecule has 1 N–H and O–H groups in total. The second kappa shape index (κ2) is 4.62. The van der Waals surface area contributed by atoms with Crippen LogP contribution in [0.3, 0.4) is 0 Å². The molecule has 2 aromatic rings. The van der Waals surface area contributed by atoms with E-state index in [4.69, 9.17) is 12.2 Å². The van der Waals surface area contributed by atoms with E-state index in [0.29, 0.717) is 16.2 Å². The van der Waals surface area contributed by atoms with Crippen LogP contribution >= 0.6 is 12.2 Å². The van der Waals surface area contributed by atoms with E-state index in [2.05, 4.69) is 11.9 Å². The Bertz CT molecular complexity index is 694. The monoisotopic (exact) mass is 300 g/mol. The molecular formula is C14H15F3N2S. The molecule has 0 aliphatic heterocycles. The molecule has 1 atom stereocenters. The minimum Gasteiger partial charge on any atom is -0.331 e. The van der Waals surface area contributed by atoms with Gasteiger partial charge in [0.2, 0.25) is 0 Å². The number of hydrogen-bond donors (Lipinski definition) is 1. The van der Waals surface area contributed by atoms with Crippen molar-refractivity contribution in [1.29, 1.82) is 0 Å². The first-order chi connectivity index (χ1) is 9.36. The van der Waals surface area contributed by atoms with Crippen LogP contribution in [0.2, 0.25) is 0 Å². The van der Waals surface area contributed by atoms with Gasteiger partial charge in [-0.2, -0.15) is 13.2 Å². The number of imidazole rings is 1. The van der Waals surface area contributed by atoms with Crippen molar-refractivity contribution in [3.63, 3.8) is 0 Å². The summed E-state index contributed by atoms with van der Waals surface area (Å²) in [7, 11) is 0. The molecule has 6 heteroatoms. The molecule has 1 fully saturated rings. The van der Waals surface area contributed by atoms with Crippen molar-refractivity contribution in [3.05, 3.63) is 28.5 Å². The lowest BCUT2D eigenvalue weighted by Gasteiger charge is -2.12. The van der Waals surface area contributed by atoms with Gasteiger partial charge in [-0.15, -0.1) is 0 Å². The molecular weight excluding hydrogens is 285 g/mol. The Hall–Kier alpha value is -1.30. The molecule has 0 amide bonds. The van der Waals surface area contributed by atoms with E-state index in [1.165, 1.54) is 18.9 Å². The Morgan fingerprint density at radius 1 is 1.40 bits per heavy atom. The zero-order valence-corrected chi connectivity index (χ0v) is 11.8. The Labute approximate surface area is 119 Å². The normalized spacial score (nSPS) is 17.6. The fourth-order valence-corrected chi connectivity index (χ4v) is 2.91. The number of fused-ring (bicyclic) bond motifs is 1. The lowest BCUT2D eigenvalue weighted by molar-refractivity contribution is -0.137. The highest BCUT2D eigenvalue weighted by Gasteiger charge is 2.31. The lowest BCUT2D eigenvalue weighted by atomic mass is 10.1. The first kappa shape index (κ1) is 13.7. The number of aromatic nitrogens is 2. The number of hydrogen-bond acceptors (Lipinski definition) is 1. The third kappa shape index (κ3) is 2.49. The maximum Gasteiger partial charge on any atom is 0.416 e. The summed E-state index contributed by atoms with van der Waals surface area (Å²) in [6.45, 7) is 2.93. The first-order valence-electron chi connectivity index (χ1n) is 6.66. The van der Waals surface area contributed by atoms with Crippen molar-refractivity contribution in [2.24, 2.45) is 11.8 Å². The molecule has 1 heterocycles. The fourth-order valence-electron chi connectivity index (χ4n) is 2.62. The first-order valence-corrected chi connectivity index (χ1v) is 7.07. The second-order valence-electron chi connectivity index (χ2n) is 5.59. The Morgan fingerprint density at radius 2 is 2.10 bits per heavy atom. The third-order valence-corrected chi connectivity index (χ3v) is 4.32. The van der Waals surface area contributed by atoms with E-state index >= 15 is 0 Å². The van der Waals surface area contributed by atoms with Crippen LogP contribution in [-0.4, -0.2) is 9.55 Å². The number of H-pyrrole nitrogens is 1. The van der Waals surface area contributed by atoms with E-state index < -0.39 is 11.7 Å². The topological polar surface area (TPSA) is 20.7 Å². The van der Waals surface area contributed by atoms with Gasteiger partial charge >= 0.3 is 6.18 Å². The standard InChI is InChI=1S/C14H15F3N2S/c1-8(9-2-3-9)7-19-12-5-4-10(14(15,16)17)6-11(12)18-13(19)20/h4-6,8-9H,2-3,7H2,1H3,(H,18,20). The van der Waals surface area contributed by atoms with Gasteiger partial charge in [0.15, 0.2) is 4.77 Å². The number of alkyl halides is 3. The van der Waals surface area contributed by atoms with E-state index in [1.54, 1.807) is 0 Å². The molecule has 2 nitrogen and oxygen atoms in total. The number of nitrogens with zero attached hydrogens (tertiary/aromatic N) is 1. The molecule has 0 spiro atoms. The number of aromatic amines is 1. The molecule has 1 aromatic heterocycles. The molecule has 20 heavy (non-hydrogen) atoms. The van der Waals surface area contributed by atoms with Crippen molar-refractivity contribution < 1.29 is 13.2 Å². The van der Waals surface area contributed by atoms with Crippen molar-refractivity contribution in [3.8, 4) is 0 Å². The van der Waals surface area contributed by atoms with Crippen molar-refractivity contribution >= 4 is 23.3 Å². The number of rotatable bonds is 3. The summed E-state index contributed by atoms with van der Waals surface area (Å²) in [6, 6.07) is 3.75. The fraction of sp³-hybridized carbons (Fsp3) is 0.500. The van der Waals surface area contributed by atoms with Crippen LogP contribution < -0.4 is 0 Å². The highest BCUT2D eigenvalue weighted by molar-refractivity contribution is 7.71. The number of benzene rings is 1. The minimum absolute atomic E-state index is 0.452. The van der Waals surface area contributed by atoms with Gasteiger partial charge in [-0.3, -0.25) is 0 Å². The predicted molar refractivity (Wildman–Crippen MR) is 74.0 cm³/mol. The molecule has 1 aromatic carbocycles. The maximum atomic E-state index is 12.7. The highest BCUT2D eigenvalue weighted by Crippen LogP contribution is 2.38. The largest absolute Gasteiger partial charge is 0.416 e. The maximum absolute atomic E-state index is 12.7. The molecule has 1 aliphatic carbocycles. The van der Waals surface area contributed by atoms with Gasteiger partial charge in [-0.05, 0) is 55.1 Å². The molecule has 3 rings (SSSR count).